The zero-order valence-corrected chi connectivity index (χ0v) is 13.9. The number of nitrogens with zero attached hydrogens (tertiary/aromatic N) is 1. The first-order valence-electron chi connectivity index (χ1n) is 8.29. The van der Waals surface area contributed by atoms with Crippen LogP contribution in [-0.4, -0.2) is 38.2 Å². The normalized spacial score (nSPS) is 22.3. The second kappa shape index (κ2) is 7.81. The molecule has 1 aromatic carbocycles. The SMILES string of the molecule is CCNC(CN(C)CC1CC1C)c1ccccc1OCC. The highest BCUT2D eigenvalue weighted by Gasteiger charge is 2.33. The highest BCUT2D eigenvalue weighted by molar-refractivity contribution is 5.36. The summed E-state index contributed by atoms with van der Waals surface area (Å²) in [6, 6.07) is 8.74. The number of hydrogen-bond acceptors (Lipinski definition) is 3. The molecule has 3 heteroatoms. The van der Waals surface area contributed by atoms with Gasteiger partial charge in [-0.25, -0.2) is 0 Å². The van der Waals surface area contributed by atoms with Crippen LogP contribution in [0.1, 0.15) is 38.8 Å². The van der Waals surface area contributed by atoms with Gasteiger partial charge in [0.15, 0.2) is 0 Å². The lowest BCUT2D eigenvalue weighted by Crippen LogP contribution is -2.34. The minimum absolute atomic E-state index is 0.330. The summed E-state index contributed by atoms with van der Waals surface area (Å²) in [6.45, 7) is 10.5. The Bertz CT molecular complexity index is 435. The number of hydrogen-bond donors (Lipinski definition) is 1. The second-order valence-electron chi connectivity index (χ2n) is 6.28. The summed E-state index contributed by atoms with van der Waals surface area (Å²) in [7, 11) is 2.23. The minimum Gasteiger partial charge on any atom is -0.494 e. The van der Waals surface area contributed by atoms with E-state index in [4.69, 9.17) is 4.74 Å². The summed E-state index contributed by atoms with van der Waals surface area (Å²) in [4.78, 5) is 2.46. The van der Waals surface area contributed by atoms with Crippen LogP contribution in [0.4, 0.5) is 0 Å². The lowest BCUT2D eigenvalue weighted by atomic mass is 10.0. The number of para-hydroxylation sites is 1. The molecule has 0 bridgehead atoms. The van der Waals surface area contributed by atoms with E-state index < -0.39 is 0 Å². The van der Waals surface area contributed by atoms with Gasteiger partial charge in [0.2, 0.25) is 0 Å². The zero-order valence-electron chi connectivity index (χ0n) is 13.9. The molecule has 1 aliphatic rings. The fourth-order valence-corrected chi connectivity index (χ4v) is 3.01. The maximum Gasteiger partial charge on any atom is 0.124 e. The zero-order chi connectivity index (χ0) is 15.2. The Kier molecular flexibility index (Phi) is 6.07. The van der Waals surface area contributed by atoms with Gasteiger partial charge in [-0.2, -0.15) is 0 Å². The van der Waals surface area contributed by atoms with Gasteiger partial charge in [-0.3, -0.25) is 0 Å². The highest BCUT2D eigenvalue weighted by Crippen LogP contribution is 2.38. The summed E-state index contributed by atoms with van der Waals surface area (Å²) < 4.78 is 5.80. The Morgan fingerprint density at radius 3 is 2.67 bits per heavy atom. The van der Waals surface area contributed by atoms with Crippen LogP contribution in [0.5, 0.6) is 5.75 Å². The molecule has 2 rings (SSSR count). The Morgan fingerprint density at radius 1 is 1.33 bits per heavy atom. The summed E-state index contributed by atoms with van der Waals surface area (Å²) in [6.07, 6.45) is 1.39. The van der Waals surface area contributed by atoms with Gasteiger partial charge in [0, 0.05) is 24.7 Å². The maximum absolute atomic E-state index is 5.80. The van der Waals surface area contributed by atoms with Crippen molar-refractivity contribution >= 4 is 0 Å². The van der Waals surface area contributed by atoms with Gasteiger partial charge in [-0.05, 0) is 44.8 Å². The van der Waals surface area contributed by atoms with Crippen molar-refractivity contribution in [3.63, 3.8) is 0 Å². The van der Waals surface area contributed by atoms with Crippen molar-refractivity contribution in [3.05, 3.63) is 29.8 Å². The van der Waals surface area contributed by atoms with E-state index in [2.05, 4.69) is 49.3 Å². The quantitative estimate of drug-likeness (QED) is 0.755. The molecule has 0 saturated heterocycles. The Morgan fingerprint density at radius 2 is 2.05 bits per heavy atom. The first-order valence-corrected chi connectivity index (χ1v) is 8.29. The lowest BCUT2D eigenvalue weighted by Gasteiger charge is -2.26. The fourth-order valence-electron chi connectivity index (χ4n) is 3.01. The minimum atomic E-state index is 0.330. The van der Waals surface area contributed by atoms with Gasteiger partial charge in [0.05, 0.1) is 6.61 Å². The molecule has 0 aromatic heterocycles. The summed E-state index contributed by atoms with van der Waals surface area (Å²) in [5, 5.41) is 3.61. The molecule has 3 unspecified atom stereocenters. The van der Waals surface area contributed by atoms with E-state index in [-0.39, 0.29) is 0 Å². The van der Waals surface area contributed by atoms with Crippen molar-refractivity contribution in [3.8, 4) is 5.75 Å². The van der Waals surface area contributed by atoms with Gasteiger partial charge in [-0.15, -0.1) is 0 Å². The van der Waals surface area contributed by atoms with Crippen LogP contribution in [0.15, 0.2) is 24.3 Å². The number of nitrogens with one attached hydrogen (secondary N) is 1. The molecule has 1 N–H and O–H groups in total. The average Bonchev–Trinajstić information content (AvgIpc) is 3.14. The van der Waals surface area contributed by atoms with Crippen LogP contribution in [-0.2, 0) is 0 Å². The van der Waals surface area contributed by atoms with Crippen LogP contribution >= 0.6 is 0 Å². The molecule has 3 nitrogen and oxygen atoms in total. The van der Waals surface area contributed by atoms with Gasteiger partial charge >= 0.3 is 0 Å². The van der Waals surface area contributed by atoms with Crippen LogP contribution in [0.25, 0.3) is 0 Å². The molecule has 1 aliphatic carbocycles. The average molecular weight is 290 g/mol. The molecule has 0 heterocycles. The molecule has 0 amide bonds. The van der Waals surface area contributed by atoms with Crippen molar-refractivity contribution in [2.45, 2.75) is 33.2 Å². The summed E-state index contributed by atoms with van der Waals surface area (Å²) >= 11 is 0. The van der Waals surface area contributed by atoms with Crippen molar-refractivity contribution in [2.75, 3.05) is 33.3 Å². The van der Waals surface area contributed by atoms with E-state index in [9.17, 15) is 0 Å². The molecular weight excluding hydrogens is 260 g/mol. The molecule has 1 saturated carbocycles. The van der Waals surface area contributed by atoms with Crippen molar-refractivity contribution in [1.29, 1.82) is 0 Å². The topological polar surface area (TPSA) is 24.5 Å². The Balaban J connectivity index is 2.03. The molecule has 0 radical (unpaired) electrons. The molecule has 1 fully saturated rings. The number of benzene rings is 1. The largest absolute Gasteiger partial charge is 0.494 e. The molecule has 0 aliphatic heterocycles. The van der Waals surface area contributed by atoms with Crippen LogP contribution in [0, 0.1) is 11.8 Å². The van der Waals surface area contributed by atoms with Gasteiger partial charge in [-0.1, -0.05) is 32.0 Å². The first-order chi connectivity index (χ1) is 10.2. The molecule has 0 spiro atoms. The van der Waals surface area contributed by atoms with Gasteiger partial charge < -0.3 is 15.0 Å². The van der Waals surface area contributed by atoms with E-state index in [0.29, 0.717) is 12.6 Å². The molecule has 118 valence electrons. The Labute approximate surface area is 129 Å². The van der Waals surface area contributed by atoms with E-state index in [0.717, 1.165) is 30.7 Å². The molecule has 3 atom stereocenters. The van der Waals surface area contributed by atoms with Crippen LogP contribution < -0.4 is 10.1 Å². The third kappa shape index (κ3) is 4.72. The van der Waals surface area contributed by atoms with E-state index in [1.807, 2.05) is 13.0 Å². The predicted octanol–water partition coefficient (Wildman–Crippen LogP) is 3.32. The summed E-state index contributed by atoms with van der Waals surface area (Å²) in [5.74, 6) is 2.83. The lowest BCUT2D eigenvalue weighted by molar-refractivity contribution is 0.270. The number of likely N-dealkylation sites (N-methyl/N-ethyl adjacent to an activating group) is 2. The van der Waals surface area contributed by atoms with Crippen LogP contribution in [0.3, 0.4) is 0 Å². The highest BCUT2D eigenvalue weighted by atomic mass is 16.5. The fraction of sp³-hybridized carbons (Fsp3) is 0.667. The van der Waals surface area contributed by atoms with Crippen molar-refractivity contribution in [1.82, 2.24) is 10.2 Å². The van der Waals surface area contributed by atoms with Crippen molar-refractivity contribution in [2.24, 2.45) is 11.8 Å². The molecular formula is C18H30N2O. The maximum atomic E-state index is 5.80. The Hall–Kier alpha value is -1.06. The molecule has 21 heavy (non-hydrogen) atoms. The third-order valence-corrected chi connectivity index (χ3v) is 4.36. The predicted molar refractivity (Wildman–Crippen MR) is 88.8 cm³/mol. The van der Waals surface area contributed by atoms with Crippen LogP contribution in [0.2, 0.25) is 0 Å². The van der Waals surface area contributed by atoms with Crippen molar-refractivity contribution < 1.29 is 4.74 Å². The van der Waals surface area contributed by atoms with Gasteiger partial charge in [0.25, 0.3) is 0 Å². The van der Waals surface area contributed by atoms with E-state index in [1.54, 1.807) is 0 Å². The smallest absolute Gasteiger partial charge is 0.124 e. The summed E-state index contributed by atoms with van der Waals surface area (Å²) in [5.41, 5.74) is 1.27. The second-order valence-corrected chi connectivity index (χ2v) is 6.28. The first kappa shape index (κ1) is 16.3. The third-order valence-electron chi connectivity index (χ3n) is 4.36. The standard InChI is InChI=1S/C18H30N2O/c1-5-19-17(13-20(4)12-15-11-14(15)3)16-9-7-8-10-18(16)21-6-2/h7-10,14-15,17,19H,5-6,11-13H2,1-4H3. The monoisotopic (exact) mass is 290 g/mol. The number of ether oxygens (including phenoxy) is 1. The molecule has 1 aromatic rings. The van der Waals surface area contributed by atoms with Gasteiger partial charge in [0.1, 0.15) is 5.75 Å². The van der Waals surface area contributed by atoms with E-state index in [1.165, 1.54) is 18.5 Å². The number of rotatable bonds is 9. The van der Waals surface area contributed by atoms with E-state index >= 15 is 0 Å².